The molecular formula is C15H23NS. The van der Waals surface area contributed by atoms with Crippen molar-refractivity contribution in [2.24, 2.45) is 0 Å². The Kier molecular flexibility index (Phi) is 6.38. The van der Waals surface area contributed by atoms with Crippen LogP contribution >= 0.6 is 11.8 Å². The lowest BCUT2D eigenvalue weighted by Crippen LogP contribution is -2.19. The lowest BCUT2D eigenvalue weighted by Gasteiger charge is -2.15. The fourth-order valence-corrected chi connectivity index (χ4v) is 2.43. The van der Waals surface area contributed by atoms with Crippen molar-refractivity contribution < 1.29 is 0 Å². The first-order chi connectivity index (χ1) is 8.17. The van der Waals surface area contributed by atoms with Crippen LogP contribution in [0, 0.1) is 0 Å². The predicted octanol–water partition coefficient (Wildman–Crippen LogP) is 4.42. The van der Waals surface area contributed by atoms with Gasteiger partial charge < -0.3 is 5.32 Å². The van der Waals surface area contributed by atoms with E-state index in [1.54, 1.807) is 0 Å². The van der Waals surface area contributed by atoms with Gasteiger partial charge in [0.25, 0.3) is 0 Å². The van der Waals surface area contributed by atoms with E-state index in [2.05, 4.69) is 63.4 Å². The molecule has 0 aliphatic heterocycles. The Labute approximate surface area is 110 Å². The minimum atomic E-state index is 0.339. The number of nitrogens with one attached hydrogen (secondary N) is 1. The van der Waals surface area contributed by atoms with Crippen LogP contribution in [0.15, 0.2) is 40.8 Å². The molecule has 1 unspecified atom stereocenters. The van der Waals surface area contributed by atoms with Gasteiger partial charge in [0.15, 0.2) is 0 Å². The lowest BCUT2D eigenvalue weighted by molar-refractivity contribution is 0.644. The van der Waals surface area contributed by atoms with Gasteiger partial charge in [-0.1, -0.05) is 37.6 Å². The van der Waals surface area contributed by atoms with Gasteiger partial charge >= 0.3 is 0 Å². The van der Waals surface area contributed by atoms with Gasteiger partial charge in [-0.15, -0.1) is 11.8 Å². The average Bonchev–Trinajstić information content (AvgIpc) is 2.29. The summed E-state index contributed by atoms with van der Waals surface area (Å²) in [5.74, 6) is 1.13. The second-order valence-corrected chi connectivity index (χ2v) is 5.62. The lowest BCUT2D eigenvalue weighted by atomic mass is 10.0. The number of hydrogen-bond donors (Lipinski definition) is 1. The summed E-state index contributed by atoms with van der Waals surface area (Å²) in [5.41, 5.74) is 2.69. The molecule has 1 N–H and O–H groups in total. The zero-order valence-electron chi connectivity index (χ0n) is 11.3. The first-order valence-electron chi connectivity index (χ1n) is 6.28. The Bertz CT molecular complexity index is 350. The molecule has 0 radical (unpaired) electrons. The third-order valence-electron chi connectivity index (χ3n) is 2.47. The van der Waals surface area contributed by atoms with E-state index in [0.29, 0.717) is 6.04 Å². The van der Waals surface area contributed by atoms with Crippen LogP contribution in [0.5, 0.6) is 0 Å². The summed E-state index contributed by atoms with van der Waals surface area (Å²) in [6.07, 6.45) is 2.28. The largest absolute Gasteiger partial charge is 0.307 e. The smallest absolute Gasteiger partial charge is 0.0508 e. The molecule has 0 spiro atoms. The van der Waals surface area contributed by atoms with Crippen molar-refractivity contribution in [2.45, 2.75) is 38.6 Å². The van der Waals surface area contributed by atoms with Gasteiger partial charge in [-0.3, -0.25) is 0 Å². The van der Waals surface area contributed by atoms with Crippen LogP contribution in [0.1, 0.15) is 39.3 Å². The highest BCUT2D eigenvalue weighted by Gasteiger charge is 2.06. The molecule has 1 nitrogen and oxygen atoms in total. The SMILES string of the molecule is CCNC(C=C(C)C)c1ccc(SCC)cc1. The molecule has 1 aromatic carbocycles. The third-order valence-corrected chi connectivity index (χ3v) is 3.37. The fraction of sp³-hybridized carbons (Fsp3) is 0.467. The van der Waals surface area contributed by atoms with Gasteiger partial charge in [0.1, 0.15) is 0 Å². The van der Waals surface area contributed by atoms with E-state index in [9.17, 15) is 0 Å². The van der Waals surface area contributed by atoms with E-state index < -0.39 is 0 Å². The topological polar surface area (TPSA) is 12.0 Å². The standard InChI is InChI=1S/C15H23NS/c1-5-16-15(11-12(3)4)13-7-9-14(10-8-13)17-6-2/h7-11,15-16H,5-6H2,1-4H3. The van der Waals surface area contributed by atoms with Gasteiger partial charge in [0.2, 0.25) is 0 Å². The maximum Gasteiger partial charge on any atom is 0.0508 e. The van der Waals surface area contributed by atoms with Crippen molar-refractivity contribution in [3.05, 3.63) is 41.5 Å². The molecule has 0 saturated heterocycles. The zero-order valence-corrected chi connectivity index (χ0v) is 12.1. The van der Waals surface area contributed by atoms with Crippen LogP contribution in [-0.4, -0.2) is 12.3 Å². The number of thioether (sulfide) groups is 1. The summed E-state index contributed by atoms with van der Waals surface area (Å²) in [6.45, 7) is 9.60. The quantitative estimate of drug-likeness (QED) is 0.592. The molecule has 0 amide bonds. The zero-order chi connectivity index (χ0) is 12.7. The van der Waals surface area contributed by atoms with E-state index in [4.69, 9.17) is 0 Å². The van der Waals surface area contributed by atoms with Crippen LogP contribution < -0.4 is 5.32 Å². The highest BCUT2D eigenvalue weighted by molar-refractivity contribution is 7.99. The van der Waals surface area contributed by atoms with Crippen LogP contribution in [0.2, 0.25) is 0 Å². The predicted molar refractivity (Wildman–Crippen MR) is 78.7 cm³/mol. The molecule has 0 aliphatic carbocycles. The second-order valence-electron chi connectivity index (χ2n) is 4.28. The molecule has 0 aliphatic rings. The minimum absolute atomic E-state index is 0.339. The molecule has 0 heterocycles. The summed E-state index contributed by atoms with van der Waals surface area (Å²) in [7, 11) is 0. The van der Waals surface area contributed by atoms with E-state index >= 15 is 0 Å². The van der Waals surface area contributed by atoms with E-state index in [1.807, 2.05) is 11.8 Å². The Morgan fingerprint density at radius 3 is 2.35 bits per heavy atom. The first kappa shape index (κ1) is 14.3. The van der Waals surface area contributed by atoms with Gasteiger partial charge in [-0.05, 0) is 43.8 Å². The number of benzene rings is 1. The average molecular weight is 249 g/mol. The molecule has 0 bridgehead atoms. The Morgan fingerprint density at radius 2 is 1.88 bits per heavy atom. The van der Waals surface area contributed by atoms with Gasteiger partial charge in [-0.25, -0.2) is 0 Å². The Hall–Kier alpha value is -0.730. The third kappa shape index (κ3) is 4.97. The fourth-order valence-electron chi connectivity index (χ4n) is 1.76. The molecule has 1 rings (SSSR count). The van der Waals surface area contributed by atoms with Crippen molar-refractivity contribution in [3.8, 4) is 0 Å². The maximum absolute atomic E-state index is 3.50. The molecule has 0 aromatic heterocycles. The normalized spacial score (nSPS) is 12.2. The molecular weight excluding hydrogens is 226 g/mol. The molecule has 1 aromatic rings. The Morgan fingerprint density at radius 1 is 1.24 bits per heavy atom. The highest BCUT2D eigenvalue weighted by Crippen LogP contribution is 2.22. The molecule has 2 heteroatoms. The number of likely N-dealkylation sites (N-methyl/N-ethyl adjacent to an activating group) is 1. The summed E-state index contributed by atoms with van der Waals surface area (Å²) in [4.78, 5) is 1.35. The number of allylic oxidation sites excluding steroid dienone is 1. The summed E-state index contributed by atoms with van der Waals surface area (Å²) in [5, 5.41) is 3.50. The van der Waals surface area contributed by atoms with E-state index in [0.717, 1.165) is 12.3 Å². The first-order valence-corrected chi connectivity index (χ1v) is 7.27. The van der Waals surface area contributed by atoms with Crippen LogP contribution in [0.3, 0.4) is 0 Å². The molecule has 17 heavy (non-hydrogen) atoms. The summed E-state index contributed by atoms with van der Waals surface area (Å²) in [6, 6.07) is 9.22. The van der Waals surface area contributed by atoms with Crippen molar-refractivity contribution in [1.29, 1.82) is 0 Å². The molecule has 94 valence electrons. The second kappa shape index (κ2) is 7.57. The van der Waals surface area contributed by atoms with Crippen molar-refractivity contribution >= 4 is 11.8 Å². The van der Waals surface area contributed by atoms with Gasteiger partial charge in [0.05, 0.1) is 6.04 Å². The van der Waals surface area contributed by atoms with Gasteiger partial charge in [0, 0.05) is 4.90 Å². The summed E-state index contributed by atoms with van der Waals surface area (Å²) < 4.78 is 0. The maximum atomic E-state index is 3.50. The number of hydrogen-bond acceptors (Lipinski definition) is 2. The highest BCUT2D eigenvalue weighted by atomic mass is 32.2. The molecule has 0 saturated carbocycles. The van der Waals surface area contributed by atoms with Gasteiger partial charge in [-0.2, -0.15) is 0 Å². The number of rotatable bonds is 6. The Balaban J connectivity index is 2.83. The van der Waals surface area contributed by atoms with Crippen molar-refractivity contribution in [1.82, 2.24) is 5.32 Å². The van der Waals surface area contributed by atoms with Crippen LogP contribution in [0.4, 0.5) is 0 Å². The van der Waals surface area contributed by atoms with Crippen LogP contribution in [0.25, 0.3) is 0 Å². The van der Waals surface area contributed by atoms with Crippen LogP contribution in [-0.2, 0) is 0 Å². The van der Waals surface area contributed by atoms with E-state index in [1.165, 1.54) is 16.0 Å². The van der Waals surface area contributed by atoms with Crippen molar-refractivity contribution in [3.63, 3.8) is 0 Å². The minimum Gasteiger partial charge on any atom is -0.307 e. The molecule has 0 fully saturated rings. The monoisotopic (exact) mass is 249 g/mol. The van der Waals surface area contributed by atoms with Crippen molar-refractivity contribution in [2.75, 3.05) is 12.3 Å². The van der Waals surface area contributed by atoms with E-state index in [-0.39, 0.29) is 0 Å². The molecule has 1 atom stereocenters. The summed E-state index contributed by atoms with van der Waals surface area (Å²) >= 11 is 1.89.